The number of aromatic nitrogens is 2. The molecule has 4 aromatic rings. The number of Topliss-reactive ketones (excluding diaryl/α,β-unsaturated/α-hetero) is 1. The number of hydrogen-bond donors (Lipinski definition) is 0. The number of hydrogen-bond acceptors (Lipinski definition) is 7. The molecule has 0 N–H and O–H groups in total. The molecular formula is C31H37N3O3S. The minimum Gasteiger partial charge on any atom is -0.493 e. The van der Waals surface area contributed by atoms with Crippen LogP contribution in [0.3, 0.4) is 0 Å². The monoisotopic (exact) mass is 531 g/mol. The van der Waals surface area contributed by atoms with Crippen LogP contribution in [0.25, 0.3) is 32.2 Å². The summed E-state index contributed by atoms with van der Waals surface area (Å²) in [5.41, 5.74) is 6.37. The molecule has 0 aliphatic carbocycles. The summed E-state index contributed by atoms with van der Waals surface area (Å²) >= 11 is 1.66. The highest BCUT2D eigenvalue weighted by Gasteiger charge is 2.32. The second-order valence-corrected chi connectivity index (χ2v) is 12.7. The van der Waals surface area contributed by atoms with Crippen LogP contribution in [0.1, 0.15) is 64.3 Å². The molecule has 0 amide bonds. The zero-order valence-corrected chi connectivity index (χ0v) is 24.5. The number of pyridine rings is 1. The summed E-state index contributed by atoms with van der Waals surface area (Å²) in [6.07, 6.45) is 2.01. The van der Waals surface area contributed by atoms with Crippen LogP contribution >= 0.6 is 11.3 Å². The van der Waals surface area contributed by atoms with E-state index in [2.05, 4.69) is 50.9 Å². The first kappa shape index (κ1) is 26.6. The number of fused-ring (bicyclic) bond motifs is 1. The van der Waals surface area contributed by atoms with Gasteiger partial charge in [-0.05, 0) is 75.9 Å². The quantitative estimate of drug-likeness (QED) is 0.249. The molecule has 6 nitrogen and oxygen atoms in total. The topological polar surface area (TPSA) is 64.5 Å². The van der Waals surface area contributed by atoms with Crippen LogP contribution in [0.4, 0.5) is 5.13 Å². The van der Waals surface area contributed by atoms with Crippen molar-refractivity contribution in [1.82, 2.24) is 9.97 Å². The fourth-order valence-electron chi connectivity index (χ4n) is 5.40. The lowest BCUT2D eigenvalue weighted by molar-refractivity contribution is -0.138. The van der Waals surface area contributed by atoms with Gasteiger partial charge < -0.3 is 14.4 Å². The van der Waals surface area contributed by atoms with Crippen LogP contribution < -0.4 is 9.64 Å². The lowest BCUT2D eigenvalue weighted by Crippen LogP contribution is -2.27. The van der Waals surface area contributed by atoms with Crippen LogP contribution in [-0.4, -0.2) is 41.6 Å². The molecular weight excluding hydrogens is 494 g/mol. The van der Waals surface area contributed by atoms with Gasteiger partial charge in [0.15, 0.2) is 10.9 Å². The van der Waals surface area contributed by atoms with Crippen LogP contribution in [-0.2, 0) is 16.0 Å². The summed E-state index contributed by atoms with van der Waals surface area (Å²) in [5, 5.41) is 2.01. The Balaban J connectivity index is 1.86. The van der Waals surface area contributed by atoms with Crippen molar-refractivity contribution < 1.29 is 14.3 Å². The molecule has 2 aromatic heterocycles. The lowest BCUT2D eigenvalue weighted by Gasteiger charge is -2.29. The van der Waals surface area contributed by atoms with E-state index in [9.17, 15) is 4.79 Å². The highest BCUT2D eigenvalue weighted by atomic mass is 32.1. The second kappa shape index (κ2) is 9.93. The Kier molecular flexibility index (Phi) is 6.95. The van der Waals surface area contributed by atoms with Crippen molar-refractivity contribution in [2.75, 3.05) is 25.1 Å². The Morgan fingerprint density at radius 2 is 2.00 bits per heavy atom. The minimum atomic E-state index is -0.713. The summed E-state index contributed by atoms with van der Waals surface area (Å²) in [6, 6.07) is 8.31. The van der Waals surface area contributed by atoms with Gasteiger partial charge in [0.25, 0.3) is 0 Å². The first-order chi connectivity index (χ1) is 17.9. The number of carbonyl (C=O) groups is 1. The smallest absolute Gasteiger partial charge is 0.186 e. The van der Waals surface area contributed by atoms with Crippen LogP contribution in [0.15, 0.2) is 30.5 Å². The van der Waals surface area contributed by atoms with Crippen molar-refractivity contribution >= 4 is 43.4 Å². The van der Waals surface area contributed by atoms with Gasteiger partial charge in [0.1, 0.15) is 11.9 Å². The number of carbonyl (C=O) groups excluding carboxylic acids is 1. The molecule has 0 fully saturated rings. The zero-order chi connectivity index (χ0) is 27.4. The molecule has 1 aliphatic rings. The SMILES string of the molecule is CC(=O)[C@@H](OC(C)(C)C)c1c(C)cc2nc(N(C)CC(C)C)sc2c1-c1ccc2c3c(ccnc13)CCO2. The van der Waals surface area contributed by atoms with Gasteiger partial charge in [0.2, 0.25) is 0 Å². The summed E-state index contributed by atoms with van der Waals surface area (Å²) < 4.78 is 13.5. The molecule has 200 valence electrons. The molecule has 0 saturated heterocycles. The van der Waals surface area contributed by atoms with Crippen LogP contribution in [0.5, 0.6) is 5.75 Å². The number of ether oxygens (including phenoxy) is 2. The van der Waals surface area contributed by atoms with Crippen LogP contribution in [0.2, 0.25) is 0 Å². The molecule has 0 unspecified atom stereocenters. The molecule has 5 rings (SSSR count). The molecule has 0 bridgehead atoms. The van der Waals surface area contributed by atoms with Gasteiger partial charge in [-0.3, -0.25) is 9.78 Å². The van der Waals surface area contributed by atoms with E-state index in [-0.39, 0.29) is 5.78 Å². The minimum absolute atomic E-state index is 0.0238. The molecule has 0 saturated carbocycles. The van der Waals surface area contributed by atoms with Crippen molar-refractivity contribution in [2.45, 2.75) is 66.6 Å². The van der Waals surface area contributed by atoms with Crippen molar-refractivity contribution in [3.05, 3.63) is 47.2 Å². The van der Waals surface area contributed by atoms with Gasteiger partial charge in [0.05, 0.1) is 27.9 Å². The van der Waals surface area contributed by atoms with E-state index in [0.717, 1.165) is 67.2 Å². The summed E-state index contributed by atoms with van der Waals surface area (Å²) in [7, 11) is 2.09. The van der Waals surface area contributed by atoms with Crippen molar-refractivity contribution in [2.24, 2.45) is 5.92 Å². The lowest BCUT2D eigenvalue weighted by atomic mass is 9.88. The van der Waals surface area contributed by atoms with Crippen molar-refractivity contribution in [1.29, 1.82) is 0 Å². The summed E-state index contributed by atoms with van der Waals surface area (Å²) in [5.74, 6) is 1.35. The number of nitrogens with zero attached hydrogens (tertiary/aromatic N) is 3. The normalized spacial score (nSPS) is 14.2. The third kappa shape index (κ3) is 4.90. The largest absolute Gasteiger partial charge is 0.493 e. The van der Waals surface area contributed by atoms with Crippen molar-refractivity contribution in [3.8, 4) is 16.9 Å². The Hall–Kier alpha value is -3.03. The maximum Gasteiger partial charge on any atom is 0.186 e. The number of ketones is 1. The second-order valence-electron chi connectivity index (χ2n) is 11.7. The van der Waals surface area contributed by atoms with E-state index in [1.54, 1.807) is 18.3 Å². The fraction of sp³-hybridized carbons (Fsp3) is 0.452. The van der Waals surface area contributed by atoms with Gasteiger partial charge in [0, 0.05) is 48.3 Å². The third-order valence-electron chi connectivity index (χ3n) is 6.82. The highest BCUT2D eigenvalue weighted by molar-refractivity contribution is 7.22. The third-order valence-corrected chi connectivity index (χ3v) is 8.03. The molecule has 2 aromatic carbocycles. The molecule has 7 heteroatoms. The van der Waals surface area contributed by atoms with E-state index in [4.69, 9.17) is 19.4 Å². The average molecular weight is 532 g/mol. The molecule has 0 spiro atoms. The Morgan fingerprint density at radius 3 is 2.68 bits per heavy atom. The highest BCUT2D eigenvalue weighted by Crippen LogP contribution is 2.47. The van der Waals surface area contributed by atoms with Crippen molar-refractivity contribution in [3.63, 3.8) is 0 Å². The maximum absolute atomic E-state index is 13.2. The molecule has 1 atom stereocenters. The van der Waals surface area contributed by atoms with E-state index in [1.807, 2.05) is 33.0 Å². The van der Waals surface area contributed by atoms with E-state index in [1.165, 1.54) is 5.56 Å². The number of benzene rings is 2. The molecule has 3 heterocycles. The van der Waals surface area contributed by atoms with E-state index >= 15 is 0 Å². The predicted octanol–water partition coefficient (Wildman–Crippen LogP) is 7.29. The number of aryl methyl sites for hydroxylation is 1. The molecule has 1 aliphatic heterocycles. The Morgan fingerprint density at radius 1 is 1.24 bits per heavy atom. The van der Waals surface area contributed by atoms with Gasteiger partial charge in [-0.1, -0.05) is 25.2 Å². The maximum atomic E-state index is 13.2. The zero-order valence-electron chi connectivity index (χ0n) is 23.6. The number of thiazole rings is 1. The fourth-order valence-corrected chi connectivity index (χ4v) is 6.48. The molecule has 38 heavy (non-hydrogen) atoms. The van der Waals surface area contributed by atoms with Gasteiger partial charge in [-0.2, -0.15) is 0 Å². The van der Waals surface area contributed by atoms with Gasteiger partial charge >= 0.3 is 0 Å². The van der Waals surface area contributed by atoms with E-state index in [0.29, 0.717) is 12.5 Å². The Labute approximate surface area is 229 Å². The summed E-state index contributed by atoms with van der Waals surface area (Å²) in [4.78, 5) is 25.3. The average Bonchev–Trinajstić information content (AvgIpc) is 3.25. The standard InChI is InChI=1S/C31H37N3O3S/c1-17(2)16-34(8)30-33-22-15-18(3)24(28(19(4)35)37-31(5,6)7)26(29(22)38-30)21-9-10-23-25-20(12-14-36-23)11-13-32-27(21)25/h9-11,13,15,17,28H,12,14,16H2,1-8H3/t28-/m1/s1. The molecule has 0 radical (unpaired) electrons. The van der Waals surface area contributed by atoms with Gasteiger partial charge in [-0.15, -0.1) is 0 Å². The predicted molar refractivity (Wildman–Crippen MR) is 157 cm³/mol. The number of anilines is 1. The van der Waals surface area contributed by atoms with E-state index < -0.39 is 11.7 Å². The van der Waals surface area contributed by atoms with Crippen LogP contribution in [0, 0.1) is 12.8 Å². The Bertz CT molecular complexity index is 1520. The summed E-state index contributed by atoms with van der Waals surface area (Å²) in [6.45, 7) is 15.6. The van der Waals surface area contributed by atoms with Gasteiger partial charge in [-0.25, -0.2) is 4.98 Å². The first-order valence-electron chi connectivity index (χ1n) is 13.3. The first-order valence-corrected chi connectivity index (χ1v) is 14.1. The number of rotatable bonds is 7.